The van der Waals surface area contributed by atoms with Gasteiger partial charge in [0.15, 0.2) is 0 Å². The standard InChI is InChI=1S/C10H9ClN4O2/c11-8-3-7(1-2-12-8)13-4-6-5-14-15-9(6)10(16)17/h1-3,5H,4H2,(H,12,13)(H,14,15)(H,16,17). The van der Waals surface area contributed by atoms with Crippen LogP contribution in [0.3, 0.4) is 0 Å². The molecule has 2 heterocycles. The summed E-state index contributed by atoms with van der Waals surface area (Å²) in [7, 11) is 0. The minimum absolute atomic E-state index is 0.0812. The highest BCUT2D eigenvalue weighted by atomic mass is 35.5. The SMILES string of the molecule is O=C(O)c1[nH]ncc1CNc1ccnc(Cl)c1. The maximum Gasteiger partial charge on any atom is 0.354 e. The summed E-state index contributed by atoms with van der Waals surface area (Å²) in [6.07, 6.45) is 3.04. The zero-order valence-corrected chi connectivity index (χ0v) is 9.40. The molecule has 0 fully saturated rings. The van der Waals surface area contributed by atoms with Crippen molar-refractivity contribution in [2.24, 2.45) is 0 Å². The second-order valence-electron chi connectivity index (χ2n) is 3.30. The van der Waals surface area contributed by atoms with Crippen molar-refractivity contribution in [3.05, 3.63) is 40.9 Å². The molecule has 0 aliphatic rings. The highest BCUT2D eigenvalue weighted by molar-refractivity contribution is 6.29. The predicted molar refractivity (Wildman–Crippen MR) is 62.1 cm³/mol. The van der Waals surface area contributed by atoms with Gasteiger partial charge in [-0.05, 0) is 12.1 Å². The minimum atomic E-state index is -1.04. The number of halogens is 1. The van der Waals surface area contributed by atoms with Crippen molar-refractivity contribution < 1.29 is 9.90 Å². The van der Waals surface area contributed by atoms with Crippen LogP contribution in [0.4, 0.5) is 5.69 Å². The lowest BCUT2D eigenvalue weighted by atomic mass is 10.2. The first-order valence-electron chi connectivity index (χ1n) is 4.78. The Morgan fingerprint density at radius 2 is 2.41 bits per heavy atom. The molecule has 0 saturated heterocycles. The Morgan fingerprint density at radius 3 is 3.12 bits per heavy atom. The Bertz CT molecular complexity index is 541. The maximum absolute atomic E-state index is 10.8. The van der Waals surface area contributed by atoms with E-state index in [-0.39, 0.29) is 5.69 Å². The number of nitrogens with zero attached hydrogens (tertiary/aromatic N) is 2. The number of carbonyl (C=O) groups is 1. The molecular weight excluding hydrogens is 244 g/mol. The molecule has 0 radical (unpaired) electrons. The fourth-order valence-electron chi connectivity index (χ4n) is 1.34. The fraction of sp³-hybridized carbons (Fsp3) is 0.100. The van der Waals surface area contributed by atoms with Crippen molar-refractivity contribution in [1.82, 2.24) is 15.2 Å². The van der Waals surface area contributed by atoms with E-state index in [1.54, 1.807) is 18.3 Å². The van der Waals surface area contributed by atoms with Gasteiger partial charge < -0.3 is 10.4 Å². The number of carboxylic acid groups (broad SMARTS) is 1. The Hall–Kier alpha value is -2.08. The van der Waals surface area contributed by atoms with E-state index in [1.165, 1.54) is 6.20 Å². The number of hydrogen-bond acceptors (Lipinski definition) is 4. The van der Waals surface area contributed by atoms with Gasteiger partial charge in [0.1, 0.15) is 10.8 Å². The van der Waals surface area contributed by atoms with E-state index in [1.807, 2.05) is 0 Å². The lowest BCUT2D eigenvalue weighted by Crippen LogP contribution is -2.06. The molecule has 0 amide bonds. The van der Waals surface area contributed by atoms with Gasteiger partial charge in [-0.3, -0.25) is 5.10 Å². The van der Waals surface area contributed by atoms with Crippen LogP contribution in [0, 0.1) is 0 Å². The third-order valence-electron chi connectivity index (χ3n) is 2.14. The van der Waals surface area contributed by atoms with E-state index in [2.05, 4.69) is 20.5 Å². The molecule has 7 heteroatoms. The fourth-order valence-corrected chi connectivity index (χ4v) is 1.51. The molecule has 2 aromatic rings. The molecule has 0 saturated carbocycles. The van der Waals surface area contributed by atoms with Crippen molar-refractivity contribution in [2.75, 3.05) is 5.32 Å². The van der Waals surface area contributed by atoms with Crippen LogP contribution in [0.15, 0.2) is 24.5 Å². The molecule has 0 aromatic carbocycles. The molecule has 3 N–H and O–H groups in total. The van der Waals surface area contributed by atoms with Gasteiger partial charge in [0.05, 0.1) is 6.20 Å². The molecule has 0 aliphatic carbocycles. The zero-order chi connectivity index (χ0) is 12.3. The third kappa shape index (κ3) is 2.73. The summed E-state index contributed by atoms with van der Waals surface area (Å²) in [5.74, 6) is -1.04. The van der Waals surface area contributed by atoms with Gasteiger partial charge >= 0.3 is 5.97 Å². The number of anilines is 1. The number of nitrogens with one attached hydrogen (secondary N) is 2. The number of pyridine rings is 1. The second kappa shape index (κ2) is 4.84. The van der Waals surface area contributed by atoms with Crippen LogP contribution < -0.4 is 5.32 Å². The minimum Gasteiger partial charge on any atom is -0.477 e. The molecule has 0 spiro atoms. The number of rotatable bonds is 4. The van der Waals surface area contributed by atoms with Crippen molar-refractivity contribution in [3.63, 3.8) is 0 Å². The Balaban J connectivity index is 2.07. The van der Waals surface area contributed by atoms with Crippen molar-refractivity contribution >= 4 is 23.3 Å². The van der Waals surface area contributed by atoms with Gasteiger partial charge in [-0.2, -0.15) is 5.10 Å². The van der Waals surface area contributed by atoms with Gasteiger partial charge in [0, 0.05) is 24.0 Å². The summed E-state index contributed by atoms with van der Waals surface area (Å²) in [5, 5.41) is 18.4. The van der Waals surface area contributed by atoms with Gasteiger partial charge in [0.25, 0.3) is 0 Å². The summed E-state index contributed by atoms with van der Waals surface area (Å²) in [6.45, 7) is 0.346. The highest BCUT2D eigenvalue weighted by Crippen LogP contribution is 2.14. The first kappa shape index (κ1) is 11.4. The van der Waals surface area contributed by atoms with Crippen LogP contribution in [0.25, 0.3) is 0 Å². The second-order valence-corrected chi connectivity index (χ2v) is 3.68. The van der Waals surface area contributed by atoms with E-state index in [9.17, 15) is 4.79 Å². The van der Waals surface area contributed by atoms with E-state index >= 15 is 0 Å². The predicted octanol–water partition coefficient (Wildman–Crippen LogP) is 1.77. The molecule has 0 bridgehead atoms. The van der Waals surface area contributed by atoms with Gasteiger partial charge in [-0.1, -0.05) is 11.6 Å². The topological polar surface area (TPSA) is 90.9 Å². The molecule has 0 aliphatic heterocycles. The summed E-state index contributed by atoms with van der Waals surface area (Å²) in [6, 6.07) is 3.40. The molecule has 88 valence electrons. The van der Waals surface area contributed by atoms with Crippen LogP contribution >= 0.6 is 11.6 Å². The number of aromatic carboxylic acids is 1. The molecule has 0 atom stereocenters. The third-order valence-corrected chi connectivity index (χ3v) is 2.35. The van der Waals surface area contributed by atoms with Gasteiger partial charge in [-0.15, -0.1) is 0 Å². The van der Waals surface area contributed by atoms with Crippen LogP contribution in [-0.2, 0) is 6.54 Å². The van der Waals surface area contributed by atoms with E-state index in [0.29, 0.717) is 17.3 Å². The number of aromatic amines is 1. The van der Waals surface area contributed by atoms with Crippen molar-refractivity contribution in [1.29, 1.82) is 0 Å². The number of hydrogen-bond donors (Lipinski definition) is 3. The van der Waals surface area contributed by atoms with Gasteiger partial charge in [0.2, 0.25) is 0 Å². The molecule has 2 rings (SSSR count). The Morgan fingerprint density at radius 1 is 1.59 bits per heavy atom. The number of carboxylic acids is 1. The monoisotopic (exact) mass is 252 g/mol. The largest absolute Gasteiger partial charge is 0.477 e. The summed E-state index contributed by atoms with van der Waals surface area (Å²) in [5.41, 5.74) is 1.42. The van der Waals surface area contributed by atoms with E-state index in [4.69, 9.17) is 16.7 Å². The lowest BCUT2D eigenvalue weighted by molar-refractivity contribution is 0.0689. The van der Waals surface area contributed by atoms with Crippen LogP contribution in [0.5, 0.6) is 0 Å². The zero-order valence-electron chi connectivity index (χ0n) is 8.64. The Labute approximate surface area is 102 Å². The van der Waals surface area contributed by atoms with Crippen LogP contribution in [-0.4, -0.2) is 26.3 Å². The molecule has 17 heavy (non-hydrogen) atoms. The first-order chi connectivity index (χ1) is 8.16. The van der Waals surface area contributed by atoms with Crippen molar-refractivity contribution in [3.8, 4) is 0 Å². The average molecular weight is 253 g/mol. The summed E-state index contributed by atoms with van der Waals surface area (Å²) < 4.78 is 0. The quantitative estimate of drug-likeness (QED) is 0.722. The van der Waals surface area contributed by atoms with E-state index < -0.39 is 5.97 Å². The van der Waals surface area contributed by atoms with E-state index in [0.717, 1.165) is 5.69 Å². The average Bonchev–Trinajstić information content (AvgIpc) is 2.74. The molecule has 0 unspecified atom stereocenters. The van der Waals surface area contributed by atoms with Gasteiger partial charge in [-0.25, -0.2) is 9.78 Å². The number of aromatic nitrogens is 3. The highest BCUT2D eigenvalue weighted by Gasteiger charge is 2.11. The number of H-pyrrole nitrogens is 1. The summed E-state index contributed by atoms with van der Waals surface area (Å²) >= 11 is 5.72. The lowest BCUT2D eigenvalue weighted by Gasteiger charge is -2.05. The molecular formula is C10H9ClN4O2. The summed E-state index contributed by atoms with van der Waals surface area (Å²) in [4.78, 5) is 14.7. The smallest absolute Gasteiger partial charge is 0.354 e. The molecule has 2 aromatic heterocycles. The normalized spacial score (nSPS) is 10.2. The first-order valence-corrected chi connectivity index (χ1v) is 5.15. The molecule has 6 nitrogen and oxygen atoms in total. The Kier molecular flexibility index (Phi) is 3.24. The van der Waals surface area contributed by atoms with Crippen LogP contribution in [0.1, 0.15) is 16.1 Å². The van der Waals surface area contributed by atoms with Crippen LogP contribution in [0.2, 0.25) is 5.15 Å². The maximum atomic E-state index is 10.8. The van der Waals surface area contributed by atoms with Crippen molar-refractivity contribution in [2.45, 2.75) is 6.54 Å².